The summed E-state index contributed by atoms with van der Waals surface area (Å²) in [5.41, 5.74) is 5.04. The normalized spacial score (nSPS) is 9.57. The summed E-state index contributed by atoms with van der Waals surface area (Å²) in [4.78, 5) is 17.5. The predicted molar refractivity (Wildman–Crippen MR) is 77.1 cm³/mol. The van der Waals surface area contributed by atoms with E-state index in [-0.39, 0.29) is 27.6 Å². The maximum Gasteiger partial charge on any atom is 0.222 e. The second-order valence-corrected chi connectivity index (χ2v) is 4.56. The van der Waals surface area contributed by atoms with Gasteiger partial charge in [-0.15, -0.1) is 0 Å². The van der Waals surface area contributed by atoms with E-state index < -0.39 is 11.6 Å². The standard InChI is InChI=1S/C7H6ClFN2O.C5H4ClFN2/c1-4(12)11-7-6(9)2-5(8)3-10-7;6-3-1-4(7)5(8)9-2-3/h2-3H,1H3,(H,10,11,12);1-2H,(H2,8,9). The fraction of sp³-hybridized carbons (Fsp3) is 0.0833. The Bertz CT molecular complexity index is 655. The molecule has 0 fully saturated rings. The molecule has 0 aliphatic heterocycles. The van der Waals surface area contributed by atoms with Gasteiger partial charge in [0.05, 0.1) is 10.0 Å². The summed E-state index contributed by atoms with van der Waals surface area (Å²) in [6.07, 6.45) is 2.55. The molecular weight excluding hydrogens is 325 g/mol. The topological polar surface area (TPSA) is 80.9 Å². The molecule has 0 spiro atoms. The Labute approximate surface area is 129 Å². The van der Waals surface area contributed by atoms with Crippen LogP contribution in [0.4, 0.5) is 20.4 Å². The number of pyridine rings is 2. The molecule has 2 heterocycles. The zero-order valence-electron chi connectivity index (χ0n) is 10.7. The van der Waals surface area contributed by atoms with Gasteiger partial charge in [-0.05, 0) is 12.1 Å². The van der Waals surface area contributed by atoms with E-state index in [9.17, 15) is 13.6 Å². The van der Waals surface area contributed by atoms with Crippen molar-refractivity contribution in [3.8, 4) is 0 Å². The maximum absolute atomic E-state index is 12.8. The summed E-state index contributed by atoms with van der Waals surface area (Å²) >= 11 is 10.8. The highest BCUT2D eigenvalue weighted by atomic mass is 35.5. The molecule has 0 saturated heterocycles. The summed E-state index contributed by atoms with van der Waals surface area (Å²) in [5.74, 6) is -1.82. The third-order valence-electron chi connectivity index (χ3n) is 1.94. The van der Waals surface area contributed by atoms with Gasteiger partial charge in [-0.3, -0.25) is 4.79 Å². The van der Waals surface area contributed by atoms with E-state index >= 15 is 0 Å². The molecule has 0 aliphatic carbocycles. The molecule has 112 valence electrons. The van der Waals surface area contributed by atoms with Gasteiger partial charge < -0.3 is 11.1 Å². The second-order valence-electron chi connectivity index (χ2n) is 3.69. The molecule has 5 nitrogen and oxygen atoms in total. The van der Waals surface area contributed by atoms with E-state index in [0.717, 1.165) is 12.1 Å². The van der Waals surface area contributed by atoms with Crippen LogP contribution in [0.1, 0.15) is 6.92 Å². The molecule has 9 heteroatoms. The van der Waals surface area contributed by atoms with Gasteiger partial charge in [-0.1, -0.05) is 23.2 Å². The molecule has 2 aromatic heterocycles. The summed E-state index contributed by atoms with van der Waals surface area (Å²) < 4.78 is 25.2. The molecule has 0 unspecified atom stereocenters. The average molecular weight is 335 g/mol. The van der Waals surface area contributed by atoms with Crippen LogP contribution in [0.15, 0.2) is 24.5 Å². The van der Waals surface area contributed by atoms with Gasteiger partial charge in [0.1, 0.15) is 0 Å². The van der Waals surface area contributed by atoms with E-state index in [1.165, 1.54) is 19.3 Å². The van der Waals surface area contributed by atoms with E-state index in [4.69, 9.17) is 28.9 Å². The van der Waals surface area contributed by atoms with Crippen molar-refractivity contribution < 1.29 is 13.6 Å². The van der Waals surface area contributed by atoms with Crippen LogP contribution in [-0.4, -0.2) is 15.9 Å². The number of rotatable bonds is 1. The number of hydrogen-bond donors (Lipinski definition) is 2. The highest BCUT2D eigenvalue weighted by Crippen LogP contribution is 2.15. The lowest BCUT2D eigenvalue weighted by molar-refractivity contribution is -0.114. The molecule has 0 bridgehead atoms. The summed E-state index contributed by atoms with van der Waals surface area (Å²) in [7, 11) is 0. The number of carbonyl (C=O) groups excluding carboxylic acids is 1. The predicted octanol–water partition coefficient (Wildman–Crippen LogP) is 3.29. The Balaban J connectivity index is 0.000000219. The minimum absolute atomic E-state index is 0.105. The average Bonchev–Trinajstić information content (AvgIpc) is 2.38. The first-order chi connectivity index (χ1) is 9.79. The number of anilines is 2. The van der Waals surface area contributed by atoms with Crippen molar-refractivity contribution in [1.82, 2.24) is 9.97 Å². The molecule has 2 rings (SSSR count). The van der Waals surface area contributed by atoms with Gasteiger partial charge in [0, 0.05) is 19.3 Å². The zero-order chi connectivity index (χ0) is 16.0. The zero-order valence-corrected chi connectivity index (χ0v) is 12.2. The van der Waals surface area contributed by atoms with Crippen LogP contribution >= 0.6 is 23.2 Å². The monoisotopic (exact) mass is 334 g/mol. The largest absolute Gasteiger partial charge is 0.381 e. The van der Waals surface area contributed by atoms with Crippen LogP contribution in [-0.2, 0) is 4.79 Å². The molecule has 0 saturated carbocycles. The van der Waals surface area contributed by atoms with Gasteiger partial charge in [0.15, 0.2) is 23.3 Å². The van der Waals surface area contributed by atoms with Crippen LogP contribution in [0.3, 0.4) is 0 Å². The van der Waals surface area contributed by atoms with E-state index in [1.54, 1.807) is 0 Å². The highest BCUT2D eigenvalue weighted by molar-refractivity contribution is 6.30. The number of nitrogens with two attached hydrogens (primary N) is 1. The summed E-state index contributed by atoms with van der Waals surface area (Å²) in [5, 5.41) is 2.66. The number of nitrogens with zero attached hydrogens (tertiary/aromatic N) is 2. The Morgan fingerprint density at radius 2 is 1.67 bits per heavy atom. The number of aromatic nitrogens is 2. The SMILES string of the molecule is CC(=O)Nc1ncc(Cl)cc1F.Nc1ncc(Cl)cc1F. The molecule has 0 aliphatic rings. The fourth-order valence-corrected chi connectivity index (χ4v) is 1.39. The molecule has 3 N–H and O–H groups in total. The molecular formula is C12H10Cl2F2N4O. The third-order valence-corrected chi connectivity index (χ3v) is 2.35. The lowest BCUT2D eigenvalue weighted by Gasteiger charge is -2.01. The number of nitrogen functional groups attached to an aromatic ring is 1. The molecule has 21 heavy (non-hydrogen) atoms. The second kappa shape index (κ2) is 7.70. The van der Waals surface area contributed by atoms with E-state index in [2.05, 4.69) is 15.3 Å². The number of amides is 1. The molecule has 1 amide bonds. The third kappa shape index (κ3) is 5.88. The van der Waals surface area contributed by atoms with E-state index in [1.807, 2.05) is 0 Å². The number of halogens is 4. The quantitative estimate of drug-likeness (QED) is 0.838. The number of nitrogens with one attached hydrogen (secondary N) is 1. The first-order valence-corrected chi connectivity index (χ1v) is 6.20. The smallest absolute Gasteiger partial charge is 0.222 e. The van der Waals surface area contributed by atoms with Crippen LogP contribution < -0.4 is 11.1 Å². The Morgan fingerprint density at radius 1 is 1.14 bits per heavy atom. The van der Waals surface area contributed by atoms with Gasteiger partial charge in [-0.2, -0.15) is 0 Å². The van der Waals surface area contributed by atoms with Gasteiger partial charge in [-0.25, -0.2) is 18.7 Å². The van der Waals surface area contributed by atoms with Crippen molar-refractivity contribution in [2.45, 2.75) is 6.92 Å². The van der Waals surface area contributed by atoms with E-state index in [0.29, 0.717) is 0 Å². The van der Waals surface area contributed by atoms with Crippen LogP contribution in [0.25, 0.3) is 0 Å². The first kappa shape index (κ1) is 17.1. The fourth-order valence-electron chi connectivity index (χ4n) is 1.10. The van der Waals surface area contributed by atoms with Gasteiger partial charge in [0.2, 0.25) is 5.91 Å². The van der Waals surface area contributed by atoms with Crippen molar-refractivity contribution in [2.75, 3.05) is 11.1 Å². The first-order valence-electron chi connectivity index (χ1n) is 5.44. The maximum atomic E-state index is 12.8. The lowest BCUT2D eigenvalue weighted by atomic mass is 10.4. The lowest BCUT2D eigenvalue weighted by Crippen LogP contribution is -2.08. The summed E-state index contributed by atoms with van der Waals surface area (Å²) in [6.45, 7) is 1.27. The van der Waals surface area contributed by atoms with Crippen molar-refractivity contribution in [1.29, 1.82) is 0 Å². The summed E-state index contributed by atoms with van der Waals surface area (Å²) in [6, 6.07) is 2.20. The minimum Gasteiger partial charge on any atom is -0.381 e. The molecule has 0 atom stereocenters. The Hall–Kier alpha value is -1.99. The molecule has 0 aromatic carbocycles. The number of carbonyl (C=O) groups is 1. The number of hydrogen-bond acceptors (Lipinski definition) is 4. The molecule has 2 aromatic rings. The minimum atomic E-state index is -0.641. The Kier molecular flexibility index (Phi) is 6.26. The van der Waals surface area contributed by atoms with Crippen LogP contribution in [0, 0.1) is 11.6 Å². The van der Waals surface area contributed by atoms with Crippen molar-refractivity contribution in [2.24, 2.45) is 0 Å². The van der Waals surface area contributed by atoms with Crippen LogP contribution in [0.2, 0.25) is 10.0 Å². The van der Waals surface area contributed by atoms with Crippen molar-refractivity contribution in [3.05, 3.63) is 46.2 Å². The highest BCUT2D eigenvalue weighted by Gasteiger charge is 2.04. The Morgan fingerprint density at radius 3 is 2.10 bits per heavy atom. The molecule has 0 radical (unpaired) electrons. The van der Waals surface area contributed by atoms with Crippen molar-refractivity contribution >= 4 is 40.7 Å². The van der Waals surface area contributed by atoms with Crippen LogP contribution in [0.5, 0.6) is 0 Å². The van der Waals surface area contributed by atoms with Gasteiger partial charge >= 0.3 is 0 Å². The van der Waals surface area contributed by atoms with Gasteiger partial charge in [0.25, 0.3) is 0 Å². The van der Waals surface area contributed by atoms with Crippen molar-refractivity contribution in [3.63, 3.8) is 0 Å².